The predicted octanol–water partition coefficient (Wildman–Crippen LogP) is 38.2. The molecule has 140 heavy (non-hydrogen) atoms. The number of hydrogen-bond acceptors (Lipinski definition) is 4. The van der Waals surface area contributed by atoms with Crippen LogP contribution in [0.25, 0.3) is 77.9 Å². The molecule has 4 aliphatic rings. The van der Waals surface area contributed by atoms with E-state index in [9.17, 15) is 0 Å². The van der Waals surface area contributed by atoms with E-state index in [0.717, 1.165) is 5.69 Å². The lowest BCUT2D eigenvalue weighted by atomic mass is 9.82. The van der Waals surface area contributed by atoms with E-state index in [1.54, 1.807) is 0 Å². The quantitative estimate of drug-likeness (QED) is 0.108. The first-order valence-electron chi connectivity index (χ1n) is 50.0. The topological polar surface area (TPSA) is 13.0 Å². The van der Waals surface area contributed by atoms with Crippen molar-refractivity contribution in [1.82, 2.24) is 0 Å². The van der Waals surface area contributed by atoms with Crippen LogP contribution >= 0.6 is 0 Å². The molecule has 0 radical (unpaired) electrons. The number of benzene rings is 18. The Bertz CT molecular complexity index is 7320. The maximum Gasteiger partial charge on any atom is 0.0540 e. The average molecular weight is 1820 g/mol. The smallest absolute Gasteiger partial charge is 0.0540 e. The van der Waals surface area contributed by atoms with Crippen molar-refractivity contribution < 1.29 is 0 Å². The van der Waals surface area contributed by atoms with Crippen molar-refractivity contribution in [2.24, 2.45) is 0 Å². The van der Waals surface area contributed by atoms with Crippen LogP contribution in [-0.4, -0.2) is 5.54 Å². The van der Waals surface area contributed by atoms with Crippen molar-refractivity contribution >= 4 is 62.6 Å². The second-order valence-electron chi connectivity index (χ2n) is 44.5. The molecule has 0 saturated heterocycles. The van der Waals surface area contributed by atoms with Crippen LogP contribution in [0.2, 0.25) is 0 Å². The van der Waals surface area contributed by atoms with Crippen LogP contribution in [0, 0.1) is 0 Å². The Morgan fingerprint density at radius 1 is 0.157 bits per heavy atom. The van der Waals surface area contributed by atoms with Crippen molar-refractivity contribution in [1.29, 1.82) is 0 Å². The largest absolute Gasteiger partial charge is 0.336 e. The molecule has 18 aromatic carbocycles. The van der Waals surface area contributed by atoms with Crippen molar-refractivity contribution in [3.8, 4) is 77.9 Å². The number of hydrogen-bond donors (Lipinski definition) is 0. The summed E-state index contributed by atoms with van der Waals surface area (Å²) in [7, 11) is 0. The van der Waals surface area contributed by atoms with Crippen LogP contribution < -0.4 is 19.6 Å². The van der Waals surface area contributed by atoms with Crippen molar-refractivity contribution in [2.45, 2.75) is 182 Å². The Kier molecular flexibility index (Phi) is 25.0. The van der Waals surface area contributed by atoms with E-state index in [0.29, 0.717) is 0 Å². The van der Waals surface area contributed by atoms with Gasteiger partial charge in [0, 0.05) is 89.5 Å². The molecule has 4 aliphatic carbocycles. The van der Waals surface area contributed by atoms with Crippen LogP contribution in [-0.2, 0) is 37.9 Å². The van der Waals surface area contributed by atoms with Gasteiger partial charge in [-0.3, -0.25) is 0 Å². The van der Waals surface area contributed by atoms with Crippen LogP contribution in [0.5, 0.6) is 0 Å². The minimum absolute atomic E-state index is 0.0135. The standard InChI is InChI=1S/2C37H35N.2C31H31N/c1-36(2,3)38(29-21-23-32-31-18-12-13-19-33(31)37(4,5)34(32)25-29)35-24-28(26-14-8-6-9-15-26)20-22-30(35)27-16-10-7-11-17-27;1-36(2,3)27-19-21-28(22-20-27)38(35-18-12-10-15-30(35)26-13-7-6-8-14-26)29-23-24-32-31-16-9-11-17-33(31)37(4,5)34(32)25-29;2*1-30(2,3)22-15-17-24(18-16-22)32(23-11-7-6-8-12-23)25-19-20-27-26-13-9-10-14-28(26)31(4,5)29(27)21-25/h2*6-25H,1-5H3;2*6-21H,1-5H3. The SMILES string of the molecule is CC(C)(C)c1ccc(N(c2ccc3c(c2)C(C)(C)c2ccccc2-3)c2ccccc2-c2ccccc2)cc1.CC(C)(C)c1ccc(N(c2ccccc2)c2ccc3c(c2)C(C)(C)c2ccccc2-3)cc1.CC(C)(C)c1ccc(N(c2ccccc2)c2ccc3c(c2)C(C)(C)c2ccccc2-3)cc1.CC1(C)c2ccccc2-c2ccc(N(c3cc(-c4ccccc4)ccc3-c3ccccc3)C(C)(C)C)cc21. The van der Waals surface area contributed by atoms with Gasteiger partial charge in [0.25, 0.3) is 0 Å². The van der Waals surface area contributed by atoms with Crippen molar-refractivity contribution in [3.05, 3.63) is 498 Å². The molecular weight excluding hydrogens is 1690 g/mol. The minimum Gasteiger partial charge on any atom is -0.336 e. The molecule has 0 spiro atoms. The maximum atomic E-state index is 2.53. The van der Waals surface area contributed by atoms with E-state index >= 15 is 0 Å². The maximum absolute atomic E-state index is 2.53. The molecule has 4 heteroatoms. The molecule has 0 aliphatic heterocycles. The molecule has 18 aromatic rings. The van der Waals surface area contributed by atoms with E-state index in [1.807, 2.05) is 0 Å². The van der Waals surface area contributed by atoms with Gasteiger partial charge in [0.15, 0.2) is 0 Å². The van der Waals surface area contributed by atoms with Crippen LogP contribution in [0.15, 0.2) is 437 Å². The average Bonchev–Trinajstić information content (AvgIpc) is 1.57. The van der Waals surface area contributed by atoms with Gasteiger partial charge in [0.2, 0.25) is 0 Å². The number of rotatable bonds is 14. The summed E-state index contributed by atoms with van der Waals surface area (Å²) in [5, 5.41) is 0. The molecule has 0 N–H and O–H groups in total. The summed E-state index contributed by atoms with van der Waals surface area (Å²) < 4.78 is 0. The highest BCUT2D eigenvalue weighted by Crippen LogP contribution is 2.57. The predicted molar refractivity (Wildman–Crippen MR) is 601 cm³/mol. The van der Waals surface area contributed by atoms with Gasteiger partial charge in [-0.1, -0.05) is 433 Å². The molecule has 0 unspecified atom stereocenters. The first-order valence-corrected chi connectivity index (χ1v) is 50.0. The highest BCUT2D eigenvalue weighted by molar-refractivity contribution is 5.94. The van der Waals surface area contributed by atoms with E-state index in [4.69, 9.17) is 0 Å². The summed E-state index contributed by atoms with van der Waals surface area (Å²) in [6, 6.07) is 160. The zero-order valence-corrected chi connectivity index (χ0v) is 85.4. The van der Waals surface area contributed by atoms with Gasteiger partial charge < -0.3 is 19.6 Å². The third kappa shape index (κ3) is 18.0. The van der Waals surface area contributed by atoms with Gasteiger partial charge in [-0.25, -0.2) is 0 Å². The van der Waals surface area contributed by atoms with Crippen molar-refractivity contribution in [2.75, 3.05) is 19.6 Å². The molecule has 0 saturated carbocycles. The lowest BCUT2D eigenvalue weighted by molar-refractivity contribution is 0.560. The molecule has 0 heterocycles. The zero-order valence-electron chi connectivity index (χ0n) is 85.4. The lowest BCUT2D eigenvalue weighted by Gasteiger charge is -2.40. The summed E-state index contributed by atoms with van der Waals surface area (Å²) in [4.78, 5) is 9.69. The Hall–Kier alpha value is -14.8. The van der Waals surface area contributed by atoms with E-state index < -0.39 is 0 Å². The Balaban J connectivity index is 0.000000119. The highest BCUT2D eigenvalue weighted by Gasteiger charge is 2.42. The summed E-state index contributed by atoms with van der Waals surface area (Å²) in [5.41, 5.74) is 46.6. The number of fused-ring (bicyclic) bond motifs is 12. The summed E-state index contributed by atoms with van der Waals surface area (Å²) in [6.45, 7) is 46.1. The first kappa shape index (κ1) is 94.1. The van der Waals surface area contributed by atoms with Crippen LogP contribution in [0.3, 0.4) is 0 Å². The van der Waals surface area contributed by atoms with E-state index in [2.05, 4.69) is 595 Å². The Morgan fingerprint density at radius 3 is 0.707 bits per heavy atom. The molecule has 4 nitrogen and oxygen atoms in total. The molecule has 696 valence electrons. The third-order valence-electron chi connectivity index (χ3n) is 29.6. The fraction of sp³-hybridized carbons (Fsp3) is 0.206. The van der Waals surface area contributed by atoms with Gasteiger partial charge in [-0.2, -0.15) is 0 Å². The van der Waals surface area contributed by atoms with Gasteiger partial charge in [0.05, 0.1) is 11.4 Å². The van der Waals surface area contributed by atoms with Gasteiger partial charge in [-0.15, -0.1) is 0 Å². The molecule has 22 rings (SSSR count). The number of para-hydroxylation sites is 3. The molecule has 0 fully saturated rings. The minimum atomic E-state index is -0.150. The van der Waals surface area contributed by atoms with Gasteiger partial charge >= 0.3 is 0 Å². The van der Waals surface area contributed by atoms with Crippen LogP contribution in [0.1, 0.15) is 200 Å². The number of nitrogens with zero attached hydrogens (tertiary/aromatic N) is 4. The monoisotopic (exact) mass is 1820 g/mol. The van der Waals surface area contributed by atoms with E-state index in [-0.39, 0.29) is 43.4 Å². The third-order valence-corrected chi connectivity index (χ3v) is 29.6. The van der Waals surface area contributed by atoms with Gasteiger partial charge in [0.1, 0.15) is 0 Å². The second-order valence-corrected chi connectivity index (χ2v) is 44.5. The summed E-state index contributed by atoms with van der Waals surface area (Å²) in [6.07, 6.45) is 0. The Morgan fingerprint density at radius 2 is 0.386 bits per heavy atom. The van der Waals surface area contributed by atoms with Crippen molar-refractivity contribution in [3.63, 3.8) is 0 Å². The summed E-state index contributed by atoms with van der Waals surface area (Å²) >= 11 is 0. The second kappa shape index (κ2) is 37.1. The molecule has 0 atom stereocenters. The van der Waals surface area contributed by atoms with Crippen LogP contribution in [0.4, 0.5) is 62.6 Å². The van der Waals surface area contributed by atoms with E-state index in [1.165, 1.54) is 196 Å². The molecule has 0 aromatic heterocycles. The normalized spacial score (nSPS) is 13.8. The lowest BCUT2D eigenvalue weighted by Crippen LogP contribution is -2.38. The fourth-order valence-electron chi connectivity index (χ4n) is 21.9. The summed E-state index contributed by atoms with van der Waals surface area (Å²) in [5.74, 6) is 0. The molecule has 0 amide bonds. The Labute approximate surface area is 834 Å². The number of anilines is 11. The molecular formula is C136H132N4. The highest BCUT2D eigenvalue weighted by atomic mass is 15.2. The molecule has 0 bridgehead atoms. The zero-order chi connectivity index (χ0) is 98.0. The first-order chi connectivity index (χ1) is 67.0. The fourth-order valence-corrected chi connectivity index (χ4v) is 21.9. The van der Waals surface area contributed by atoms with Gasteiger partial charge in [-0.05, 0) is 286 Å².